The first-order valence-electron chi connectivity index (χ1n) is 7.22. The molecule has 0 radical (unpaired) electrons. The Balaban J connectivity index is 2.08. The third-order valence-corrected chi connectivity index (χ3v) is 3.28. The molecule has 2 aromatic rings. The van der Waals surface area contributed by atoms with Gasteiger partial charge >= 0.3 is 0 Å². The topological polar surface area (TPSA) is 68.5 Å². The van der Waals surface area contributed by atoms with Gasteiger partial charge in [-0.2, -0.15) is 5.26 Å². The van der Waals surface area contributed by atoms with Crippen LogP contribution in [0.15, 0.2) is 48.5 Å². The molecule has 0 aliphatic rings. The number of hydrogen-bond acceptors (Lipinski definition) is 5. The fourth-order valence-electron chi connectivity index (χ4n) is 2.05. The molecule has 0 saturated heterocycles. The number of carbonyl (C=O) groups is 1. The summed E-state index contributed by atoms with van der Waals surface area (Å²) in [5.41, 5.74) is 1.37. The number of ketones is 1. The van der Waals surface area contributed by atoms with Gasteiger partial charge in [-0.05, 0) is 42.0 Å². The first-order chi connectivity index (χ1) is 11.7. The average Bonchev–Trinajstić information content (AvgIpc) is 2.64. The standard InChI is InChI=1S/C19H17NO4/c1-22-18-10-6-15(13-19(18)23-2)17(21)9-5-14-3-7-16(8-4-14)24-12-11-20/h3-10,13H,12H2,1-2H3/b9-5+. The highest BCUT2D eigenvalue weighted by Crippen LogP contribution is 2.27. The Hall–Kier alpha value is -3.26. The summed E-state index contributed by atoms with van der Waals surface area (Å²) in [5, 5.41) is 8.47. The van der Waals surface area contributed by atoms with Crippen LogP contribution in [-0.4, -0.2) is 26.6 Å². The number of hydrogen-bond donors (Lipinski definition) is 0. The fraction of sp³-hybridized carbons (Fsp3) is 0.158. The second-order valence-electron chi connectivity index (χ2n) is 4.78. The SMILES string of the molecule is COc1ccc(C(=O)/C=C/c2ccc(OCC#N)cc2)cc1OC. The maximum absolute atomic E-state index is 12.3. The van der Waals surface area contributed by atoms with Crippen molar-refractivity contribution < 1.29 is 19.0 Å². The predicted octanol–water partition coefficient (Wildman–Crippen LogP) is 3.50. The number of rotatable bonds is 7. The molecule has 0 heterocycles. The fourth-order valence-corrected chi connectivity index (χ4v) is 2.05. The highest BCUT2D eigenvalue weighted by molar-refractivity contribution is 6.07. The van der Waals surface area contributed by atoms with Gasteiger partial charge in [0.15, 0.2) is 23.9 Å². The zero-order chi connectivity index (χ0) is 17.4. The summed E-state index contributed by atoms with van der Waals surface area (Å²) in [5.74, 6) is 1.56. The van der Waals surface area contributed by atoms with Gasteiger partial charge in [-0.15, -0.1) is 0 Å². The molecule has 24 heavy (non-hydrogen) atoms. The number of carbonyl (C=O) groups excluding carboxylic acids is 1. The molecule has 0 N–H and O–H groups in total. The van der Waals surface area contributed by atoms with Crippen molar-refractivity contribution in [2.24, 2.45) is 0 Å². The van der Waals surface area contributed by atoms with E-state index in [1.54, 1.807) is 43.5 Å². The number of methoxy groups -OCH3 is 2. The summed E-state index contributed by atoms with van der Waals surface area (Å²) in [6.45, 7) is 0.00692. The third-order valence-electron chi connectivity index (χ3n) is 3.28. The Morgan fingerprint density at radius 1 is 1.08 bits per heavy atom. The number of nitriles is 1. The van der Waals surface area contributed by atoms with Crippen molar-refractivity contribution in [3.05, 3.63) is 59.7 Å². The van der Waals surface area contributed by atoms with Crippen LogP contribution in [-0.2, 0) is 0 Å². The molecule has 0 amide bonds. The highest BCUT2D eigenvalue weighted by atomic mass is 16.5. The van der Waals surface area contributed by atoms with Gasteiger partial charge in [-0.3, -0.25) is 4.79 Å². The summed E-state index contributed by atoms with van der Waals surface area (Å²) in [6, 6.07) is 14.0. The highest BCUT2D eigenvalue weighted by Gasteiger charge is 2.08. The minimum Gasteiger partial charge on any atom is -0.493 e. The number of benzene rings is 2. The Kier molecular flexibility index (Phi) is 5.98. The third kappa shape index (κ3) is 4.37. The predicted molar refractivity (Wildman–Crippen MR) is 90.5 cm³/mol. The molecule has 2 aromatic carbocycles. The lowest BCUT2D eigenvalue weighted by atomic mass is 10.1. The van der Waals surface area contributed by atoms with Crippen LogP contribution in [0.2, 0.25) is 0 Å². The number of ether oxygens (including phenoxy) is 3. The van der Waals surface area contributed by atoms with E-state index < -0.39 is 0 Å². The molecular formula is C19H17NO4. The van der Waals surface area contributed by atoms with E-state index in [4.69, 9.17) is 19.5 Å². The van der Waals surface area contributed by atoms with Crippen LogP contribution in [0.4, 0.5) is 0 Å². The van der Waals surface area contributed by atoms with Crippen molar-refractivity contribution >= 4 is 11.9 Å². The van der Waals surface area contributed by atoms with Crippen molar-refractivity contribution in [3.8, 4) is 23.3 Å². The maximum atomic E-state index is 12.3. The smallest absolute Gasteiger partial charge is 0.185 e. The molecule has 0 bridgehead atoms. The van der Waals surface area contributed by atoms with E-state index in [0.717, 1.165) is 5.56 Å². The average molecular weight is 323 g/mol. The molecule has 0 aliphatic heterocycles. The van der Waals surface area contributed by atoms with Gasteiger partial charge in [0.2, 0.25) is 0 Å². The molecule has 0 fully saturated rings. The molecule has 0 unspecified atom stereocenters. The van der Waals surface area contributed by atoms with Crippen LogP contribution in [0.5, 0.6) is 17.2 Å². The molecule has 122 valence electrons. The quantitative estimate of drug-likeness (QED) is 0.576. The minimum atomic E-state index is -0.138. The van der Waals surface area contributed by atoms with Crippen molar-refractivity contribution in [1.82, 2.24) is 0 Å². The van der Waals surface area contributed by atoms with Crippen molar-refractivity contribution in [1.29, 1.82) is 5.26 Å². The first-order valence-corrected chi connectivity index (χ1v) is 7.22. The molecule has 5 heteroatoms. The van der Waals surface area contributed by atoms with Gasteiger partial charge < -0.3 is 14.2 Å². The van der Waals surface area contributed by atoms with Crippen LogP contribution < -0.4 is 14.2 Å². The normalized spacial score (nSPS) is 10.2. The van der Waals surface area contributed by atoms with E-state index in [0.29, 0.717) is 22.8 Å². The van der Waals surface area contributed by atoms with Crippen LogP contribution in [0, 0.1) is 11.3 Å². The molecule has 0 aromatic heterocycles. The van der Waals surface area contributed by atoms with Crippen LogP contribution in [0.25, 0.3) is 6.08 Å². The molecule has 0 spiro atoms. The van der Waals surface area contributed by atoms with Gasteiger partial charge in [-0.25, -0.2) is 0 Å². The zero-order valence-electron chi connectivity index (χ0n) is 13.5. The van der Waals surface area contributed by atoms with E-state index in [9.17, 15) is 4.79 Å². The summed E-state index contributed by atoms with van der Waals surface area (Å²) in [4.78, 5) is 12.3. The second kappa shape index (κ2) is 8.39. The molecule has 2 rings (SSSR count). The summed E-state index contributed by atoms with van der Waals surface area (Å²) in [7, 11) is 3.07. The van der Waals surface area contributed by atoms with Crippen LogP contribution in [0.3, 0.4) is 0 Å². The first kappa shape index (κ1) is 17.1. The number of allylic oxidation sites excluding steroid dienone is 1. The lowest BCUT2D eigenvalue weighted by Gasteiger charge is -2.08. The van der Waals surface area contributed by atoms with Gasteiger partial charge in [0.05, 0.1) is 14.2 Å². The van der Waals surface area contributed by atoms with Crippen molar-refractivity contribution in [2.45, 2.75) is 0 Å². The largest absolute Gasteiger partial charge is 0.493 e. The number of nitrogens with zero attached hydrogens (tertiary/aromatic N) is 1. The lowest BCUT2D eigenvalue weighted by Crippen LogP contribution is -1.97. The van der Waals surface area contributed by atoms with E-state index in [1.165, 1.54) is 13.2 Å². The van der Waals surface area contributed by atoms with Crippen LogP contribution >= 0.6 is 0 Å². The van der Waals surface area contributed by atoms with E-state index in [-0.39, 0.29) is 12.4 Å². The lowest BCUT2D eigenvalue weighted by molar-refractivity contribution is 0.104. The van der Waals surface area contributed by atoms with E-state index in [2.05, 4.69) is 0 Å². The molecule has 0 atom stereocenters. The minimum absolute atomic E-state index is 0.00692. The van der Waals surface area contributed by atoms with Gasteiger partial charge in [0.25, 0.3) is 0 Å². The van der Waals surface area contributed by atoms with Crippen LogP contribution in [0.1, 0.15) is 15.9 Å². The summed E-state index contributed by atoms with van der Waals surface area (Å²) in [6.07, 6.45) is 3.21. The van der Waals surface area contributed by atoms with Gasteiger partial charge in [0.1, 0.15) is 11.8 Å². The van der Waals surface area contributed by atoms with Crippen molar-refractivity contribution in [2.75, 3.05) is 20.8 Å². The molecule has 0 saturated carbocycles. The molecular weight excluding hydrogens is 306 g/mol. The Morgan fingerprint density at radius 3 is 2.42 bits per heavy atom. The summed E-state index contributed by atoms with van der Waals surface area (Å²) < 4.78 is 15.5. The maximum Gasteiger partial charge on any atom is 0.185 e. The molecule has 5 nitrogen and oxygen atoms in total. The Morgan fingerprint density at radius 2 is 1.79 bits per heavy atom. The van der Waals surface area contributed by atoms with E-state index >= 15 is 0 Å². The monoisotopic (exact) mass is 323 g/mol. The second-order valence-corrected chi connectivity index (χ2v) is 4.78. The Bertz CT molecular complexity index is 773. The molecule has 0 aliphatic carbocycles. The summed E-state index contributed by atoms with van der Waals surface area (Å²) >= 11 is 0. The van der Waals surface area contributed by atoms with E-state index in [1.807, 2.05) is 18.2 Å². The van der Waals surface area contributed by atoms with Crippen molar-refractivity contribution in [3.63, 3.8) is 0 Å². The van der Waals surface area contributed by atoms with Gasteiger partial charge in [0, 0.05) is 5.56 Å². The zero-order valence-corrected chi connectivity index (χ0v) is 13.5. The van der Waals surface area contributed by atoms with Gasteiger partial charge in [-0.1, -0.05) is 18.2 Å². The Labute approximate surface area is 140 Å².